The van der Waals surface area contributed by atoms with Gasteiger partial charge < -0.3 is 10.6 Å². The van der Waals surface area contributed by atoms with Crippen LogP contribution >= 0.6 is 0 Å². The minimum Gasteiger partial charge on any atom is -0.309 e. The van der Waals surface area contributed by atoms with Crippen molar-refractivity contribution < 1.29 is 0 Å². The molecule has 0 aliphatic carbocycles. The first kappa shape index (κ1) is 15.0. The highest BCUT2D eigenvalue weighted by Crippen LogP contribution is 2.22. The topological polar surface area (TPSA) is 56.3 Å². The second-order valence-electron chi connectivity index (χ2n) is 5.94. The zero-order chi connectivity index (χ0) is 14.6. The predicted molar refractivity (Wildman–Crippen MR) is 81.1 cm³/mol. The van der Waals surface area contributed by atoms with Crippen molar-refractivity contribution in [3.05, 3.63) is 35.9 Å². The number of likely N-dealkylation sites (N-methyl/N-ethyl adjacent to an activating group) is 1. The summed E-state index contributed by atoms with van der Waals surface area (Å²) in [6, 6.07) is 12.6. The van der Waals surface area contributed by atoms with Crippen molar-refractivity contribution >= 4 is 0 Å². The SMILES string of the molecule is CN(C)C1CCCN(CC(N)(C#N)c2ccccc2)C1. The van der Waals surface area contributed by atoms with Crippen LogP contribution in [0.25, 0.3) is 0 Å². The second-order valence-corrected chi connectivity index (χ2v) is 5.94. The van der Waals surface area contributed by atoms with E-state index in [1.165, 1.54) is 12.8 Å². The fourth-order valence-electron chi connectivity index (χ4n) is 2.88. The number of benzene rings is 1. The minimum atomic E-state index is -0.921. The highest BCUT2D eigenvalue weighted by molar-refractivity contribution is 5.31. The van der Waals surface area contributed by atoms with Gasteiger partial charge in [0.05, 0.1) is 6.07 Å². The summed E-state index contributed by atoms with van der Waals surface area (Å²) in [7, 11) is 4.23. The summed E-state index contributed by atoms with van der Waals surface area (Å²) in [6.07, 6.45) is 2.39. The van der Waals surface area contributed by atoms with E-state index in [-0.39, 0.29) is 0 Å². The van der Waals surface area contributed by atoms with Crippen molar-refractivity contribution in [3.63, 3.8) is 0 Å². The molecule has 0 bridgehead atoms. The monoisotopic (exact) mass is 272 g/mol. The first-order chi connectivity index (χ1) is 9.55. The lowest BCUT2D eigenvalue weighted by Crippen LogP contribution is -2.52. The van der Waals surface area contributed by atoms with Crippen LogP contribution in [0.4, 0.5) is 0 Å². The van der Waals surface area contributed by atoms with Crippen LogP contribution in [-0.2, 0) is 5.54 Å². The van der Waals surface area contributed by atoms with Gasteiger partial charge in [0, 0.05) is 19.1 Å². The lowest BCUT2D eigenvalue weighted by molar-refractivity contribution is 0.119. The molecule has 108 valence electrons. The van der Waals surface area contributed by atoms with E-state index in [9.17, 15) is 5.26 Å². The van der Waals surface area contributed by atoms with Crippen molar-refractivity contribution in [1.82, 2.24) is 9.80 Å². The van der Waals surface area contributed by atoms with Gasteiger partial charge in [0.25, 0.3) is 0 Å². The first-order valence-electron chi connectivity index (χ1n) is 7.19. The van der Waals surface area contributed by atoms with Crippen molar-refractivity contribution in [2.75, 3.05) is 33.7 Å². The van der Waals surface area contributed by atoms with Crippen LogP contribution in [-0.4, -0.2) is 49.6 Å². The average Bonchev–Trinajstić information content (AvgIpc) is 2.48. The number of hydrogen-bond donors (Lipinski definition) is 1. The van der Waals surface area contributed by atoms with Gasteiger partial charge in [-0.15, -0.1) is 0 Å². The zero-order valence-electron chi connectivity index (χ0n) is 12.4. The Labute approximate surface area is 121 Å². The second kappa shape index (κ2) is 6.36. The van der Waals surface area contributed by atoms with Crippen LogP contribution in [0.15, 0.2) is 30.3 Å². The molecule has 1 fully saturated rings. The summed E-state index contributed by atoms with van der Waals surface area (Å²) in [5.74, 6) is 0. The summed E-state index contributed by atoms with van der Waals surface area (Å²) in [5, 5.41) is 9.53. The maximum absolute atomic E-state index is 9.53. The van der Waals surface area contributed by atoms with Crippen LogP contribution in [0.5, 0.6) is 0 Å². The number of nitriles is 1. The molecule has 1 aromatic carbocycles. The highest BCUT2D eigenvalue weighted by atomic mass is 15.2. The van der Waals surface area contributed by atoms with E-state index in [0.29, 0.717) is 12.6 Å². The van der Waals surface area contributed by atoms with E-state index >= 15 is 0 Å². The van der Waals surface area contributed by atoms with Crippen LogP contribution < -0.4 is 5.73 Å². The highest BCUT2D eigenvalue weighted by Gasteiger charge is 2.32. The number of nitrogens with zero attached hydrogens (tertiary/aromatic N) is 3. The van der Waals surface area contributed by atoms with E-state index < -0.39 is 5.54 Å². The third-order valence-corrected chi connectivity index (χ3v) is 4.17. The van der Waals surface area contributed by atoms with Crippen LogP contribution in [0.3, 0.4) is 0 Å². The standard InChI is InChI=1S/C16H24N4/c1-19(2)15-9-6-10-20(11-15)13-16(18,12-17)14-7-4-3-5-8-14/h3-5,7-8,15H,6,9-11,13,18H2,1-2H3. The molecule has 0 spiro atoms. The molecule has 1 aliphatic rings. The van der Waals surface area contributed by atoms with Crippen LogP contribution in [0.1, 0.15) is 18.4 Å². The summed E-state index contributed by atoms with van der Waals surface area (Å²) in [5.41, 5.74) is 6.33. The summed E-state index contributed by atoms with van der Waals surface area (Å²) in [6.45, 7) is 2.61. The minimum absolute atomic E-state index is 0.558. The molecule has 2 atom stereocenters. The number of piperidine rings is 1. The Morgan fingerprint density at radius 3 is 2.70 bits per heavy atom. The zero-order valence-corrected chi connectivity index (χ0v) is 12.4. The third-order valence-electron chi connectivity index (χ3n) is 4.17. The van der Waals surface area contributed by atoms with Gasteiger partial charge >= 0.3 is 0 Å². The number of hydrogen-bond acceptors (Lipinski definition) is 4. The number of rotatable bonds is 4. The number of likely N-dealkylation sites (tertiary alicyclic amines) is 1. The molecule has 4 heteroatoms. The van der Waals surface area contributed by atoms with Crippen LogP contribution in [0, 0.1) is 11.3 Å². The molecular formula is C16H24N4. The van der Waals surface area contributed by atoms with E-state index in [2.05, 4.69) is 30.0 Å². The van der Waals surface area contributed by atoms with Gasteiger partial charge in [-0.2, -0.15) is 5.26 Å². The molecule has 1 aliphatic heterocycles. The smallest absolute Gasteiger partial charge is 0.142 e. The molecule has 20 heavy (non-hydrogen) atoms. The average molecular weight is 272 g/mol. The quantitative estimate of drug-likeness (QED) is 0.900. The molecule has 2 N–H and O–H groups in total. The summed E-state index contributed by atoms with van der Waals surface area (Å²) >= 11 is 0. The fourth-order valence-corrected chi connectivity index (χ4v) is 2.88. The maximum Gasteiger partial charge on any atom is 0.142 e. The van der Waals surface area contributed by atoms with E-state index in [0.717, 1.165) is 18.7 Å². The van der Waals surface area contributed by atoms with Gasteiger partial charge in [0.1, 0.15) is 5.54 Å². The Bertz CT molecular complexity index is 465. The summed E-state index contributed by atoms with van der Waals surface area (Å²) in [4.78, 5) is 4.59. The molecule has 0 saturated carbocycles. The van der Waals surface area contributed by atoms with Gasteiger partial charge in [0.2, 0.25) is 0 Å². The Kier molecular flexibility index (Phi) is 4.77. The van der Waals surface area contributed by atoms with Crippen molar-refractivity contribution in [1.29, 1.82) is 5.26 Å². The third kappa shape index (κ3) is 3.37. The normalized spacial score (nSPS) is 23.2. The Morgan fingerprint density at radius 1 is 1.40 bits per heavy atom. The Morgan fingerprint density at radius 2 is 2.10 bits per heavy atom. The molecule has 1 heterocycles. The molecule has 4 nitrogen and oxygen atoms in total. The molecule has 2 unspecified atom stereocenters. The van der Waals surface area contributed by atoms with Crippen molar-refractivity contribution in [2.24, 2.45) is 5.73 Å². The predicted octanol–water partition coefficient (Wildman–Crippen LogP) is 1.39. The van der Waals surface area contributed by atoms with Gasteiger partial charge in [-0.3, -0.25) is 4.90 Å². The molecule has 1 saturated heterocycles. The molecule has 0 radical (unpaired) electrons. The molecule has 2 rings (SSSR count). The summed E-state index contributed by atoms with van der Waals surface area (Å²) < 4.78 is 0. The van der Waals surface area contributed by atoms with Crippen molar-refractivity contribution in [2.45, 2.75) is 24.4 Å². The maximum atomic E-state index is 9.53. The molecule has 1 aromatic rings. The first-order valence-corrected chi connectivity index (χ1v) is 7.19. The molecular weight excluding hydrogens is 248 g/mol. The Balaban J connectivity index is 2.09. The van der Waals surface area contributed by atoms with E-state index in [1.54, 1.807) is 0 Å². The molecule has 0 aromatic heterocycles. The Hall–Kier alpha value is -1.41. The van der Waals surface area contributed by atoms with Gasteiger partial charge in [-0.1, -0.05) is 30.3 Å². The molecule has 0 amide bonds. The van der Waals surface area contributed by atoms with Gasteiger partial charge in [-0.25, -0.2) is 0 Å². The number of nitrogens with two attached hydrogens (primary N) is 1. The van der Waals surface area contributed by atoms with E-state index in [1.807, 2.05) is 30.3 Å². The lowest BCUT2D eigenvalue weighted by atomic mass is 9.91. The lowest BCUT2D eigenvalue weighted by Gasteiger charge is -2.39. The largest absolute Gasteiger partial charge is 0.309 e. The van der Waals surface area contributed by atoms with Gasteiger partial charge in [0.15, 0.2) is 0 Å². The van der Waals surface area contributed by atoms with Crippen molar-refractivity contribution in [3.8, 4) is 6.07 Å². The van der Waals surface area contributed by atoms with E-state index in [4.69, 9.17) is 5.73 Å². The van der Waals surface area contributed by atoms with Gasteiger partial charge in [-0.05, 0) is 39.0 Å². The fraction of sp³-hybridized carbons (Fsp3) is 0.562. The van der Waals surface area contributed by atoms with Crippen LogP contribution in [0.2, 0.25) is 0 Å².